The second-order valence-corrected chi connectivity index (χ2v) is 10.3. The molecule has 0 saturated heterocycles. The minimum absolute atomic E-state index is 0.151. The van der Waals surface area contributed by atoms with Crippen LogP contribution in [-0.4, -0.2) is 20.4 Å². The molecule has 0 fully saturated rings. The third-order valence-electron chi connectivity index (χ3n) is 5.68. The third kappa shape index (κ3) is 4.20. The van der Waals surface area contributed by atoms with E-state index in [1.54, 1.807) is 24.3 Å². The van der Waals surface area contributed by atoms with E-state index in [4.69, 9.17) is 0 Å². The van der Waals surface area contributed by atoms with E-state index in [2.05, 4.69) is 41.5 Å². The van der Waals surface area contributed by atoms with Crippen LogP contribution in [0.3, 0.4) is 0 Å². The molecule has 0 aliphatic carbocycles. The number of phenols is 4. The van der Waals surface area contributed by atoms with E-state index in [9.17, 15) is 20.4 Å². The second-order valence-electron chi connectivity index (χ2n) is 10.3. The highest BCUT2D eigenvalue weighted by atomic mass is 16.3. The fourth-order valence-corrected chi connectivity index (χ4v) is 4.07. The molecule has 4 heteroatoms. The van der Waals surface area contributed by atoms with Gasteiger partial charge in [0.15, 0.2) is 23.0 Å². The van der Waals surface area contributed by atoms with Crippen molar-refractivity contribution in [2.75, 3.05) is 0 Å². The quantitative estimate of drug-likeness (QED) is 0.346. The van der Waals surface area contributed by atoms with Crippen molar-refractivity contribution < 1.29 is 20.4 Å². The average Bonchev–Trinajstić information content (AvgIpc) is 2.63. The van der Waals surface area contributed by atoms with Crippen molar-refractivity contribution in [1.29, 1.82) is 0 Å². The van der Waals surface area contributed by atoms with Crippen LogP contribution < -0.4 is 0 Å². The van der Waals surface area contributed by atoms with Gasteiger partial charge in [-0.05, 0) is 81.0 Å². The predicted molar refractivity (Wildman–Crippen MR) is 126 cm³/mol. The molecular formula is C27H32O4. The fraction of sp³-hybridized carbons (Fsp3) is 0.333. The first-order valence-corrected chi connectivity index (χ1v) is 10.4. The number of benzene rings is 3. The number of aromatic hydroxyl groups is 4. The first-order valence-electron chi connectivity index (χ1n) is 10.4. The Kier molecular flexibility index (Phi) is 5.47. The van der Waals surface area contributed by atoms with Gasteiger partial charge in [0.1, 0.15) is 0 Å². The van der Waals surface area contributed by atoms with Gasteiger partial charge in [-0.15, -0.1) is 0 Å². The Morgan fingerprint density at radius 3 is 1.45 bits per heavy atom. The lowest BCUT2D eigenvalue weighted by molar-refractivity contribution is 0.401. The van der Waals surface area contributed by atoms with Gasteiger partial charge >= 0.3 is 0 Å². The van der Waals surface area contributed by atoms with Crippen molar-refractivity contribution in [2.24, 2.45) is 0 Å². The highest BCUT2D eigenvalue weighted by molar-refractivity contribution is 5.90. The van der Waals surface area contributed by atoms with Gasteiger partial charge in [0.25, 0.3) is 0 Å². The van der Waals surface area contributed by atoms with E-state index in [0.717, 1.165) is 38.9 Å². The summed E-state index contributed by atoms with van der Waals surface area (Å²) in [5, 5.41) is 41.0. The normalized spacial score (nSPS) is 12.2. The number of phenolic OH excluding ortho intramolecular Hbond substituents is 4. The van der Waals surface area contributed by atoms with Crippen LogP contribution in [0.25, 0.3) is 22.3 Å². The minimum Gasteiger partial charge on any atom is -0.504 e. The predicted octanol–water partition coefficient (Wildman–Crippen LogP) is 6.75. The molecular weight excluding hydrogens is 388 g/mol. The molecule has 3 aromatic rings. The summed E-state index contributed by atoms with van der Waals surface area (Å²) in [7, 11) is 0. The minimum atomic E-state index is -0.288. The van der Waals surface area contributed by atoms with Crippen LogP contribution in [0.1, 0.15) is 58.2 Å². The molecule has 0 aliphatic rings. The van der Waals surface area contributed by atoms with Crippen LogP contribution in [-0.2, 0) is 10.8 Å². The van der Waals surface area contributed by atoms with Gasteiger partial charge in [0, 0.05) is 0 Å². The summed E-state index contributed by atoms with van der Waals surface area (Å²) >= 11 is 0. The fourth-order valence-electron chi connectivity index (χ4n) is 4.07. The Morgan fingerprint density at radius 2 is 0.968 bits per heavy atom. The molecule has 0 atom stereocenters. The molecule has 3 aromatic carbocycles. The molecule has 3 rings (SSSR count). The van der Waals surface area contributed by atoms with Crippen molar-refractivity contribution in [3.05, 3.63) is 59.2 Å². The number of rotatable bonds is 2. The summed E-state index contributed by atoms with van der Waals surface area (Å²) in [4.78, 5) is 0. The molecule has 4 N–H and O–H groups in total. The Labute approximate surface area is 184 Å². The van der Waals surface area contributed by atoms with Gasteiger partial charge in [0.05, 0.1) is 0 Å². The van der Waals surface area contributed by atoms with E-state index in [0.29, 0.717) is 0 Å². The van der Waals surface area contributed by atoms with Gasteiger partial charge in [-0.3, -0.25) is 0 Å². The molecule has 0 bridgehead atoms. The molecule has 4 nitrogen and oxygen atoms in total. The van der Waals surface area contributed by atoms with Gasteiger partial charge < -0.3 is 20.4 Å². The van der Waals surface area contributed by atoms with Crippen LogP contribution in [0.4, 0.5) is 0 Å². The van der Waals surface area contributed by atoms with Gasteiger partial charge in [-0.1, -0.05) is 59.7 Å². The molecule has 0 heterocycles. The van der Waals surface area contributed by atoms with Crippen molar-refractivity contribution in [3.63, 3.8) is 0 Å². The lowest BCUT2D eigenvalue weighted by Crippen LogP contribution is -2.14. The van der Waals surface area contributed by atoms with Crippen molar-refractivity contribution in [2.45, 2.75) is 59.3 Å². The highest BCUT2D eigenvalue weighted by Gasteiger charge is 2.27. The topological polar surface area (TPSA) is 80.9 Å². The van der Waals surface area contributed by atoms with Gasteiger partial charge in [0.2, 0.25) is 0 Å². The largest absolute Gasteiger partial charge is 0.504 e. The lowest BCUT2D eigenvalue weighted by atomic mass is 9.76. The maximum atomic E-state index is 10.3. The molecule has 0 saturated carbocycles. The Hall–Kier alpha value is -3.14. The number of hydrogen-bond acceptors (Lipinski definition) is 4. The Balaban J connectivity index is 2.47. The Morgan fingerprint density at radius 1 is 0.548 bits per heavy atom. The van der Waals surface area contributed by atoms with E-state index < -0.39 is 0 Å². The van der Waals surface area contributed by atoms with E-state index >= 15 is 0 Å². The second kappa shape index (κ2) is 7.52. The summed E-state index contributed by atoms with van der Waals surface area (Å²) in [5.41, 5.74) is 5.66. The zero-order chi connectivity index (χ0) is 23.3. The zero-order valence-corrected chi connectivity index (χ0v) is 19.3. The van der Waals surface area contributed by atoms with Crippen molar-refractivity contribution in [1.82, 2.24) is 0 Å². The van der Waals surface area contributed by atoms with E-state index in [1.807, 2.05) is 25.1 Å². The monoisotopic (exact) mass is 420 g/mol. The molecule has 0 aromatic heterocycles. The lowest BCUT2D eigenvalue weighted by Gasteiger charge is -2.28. The van der Waals surface area contributed by atoms with E-state index in [-0.39, 0.29) is 33.8 Å². The molecule has 0 amide bonds. The maximum Gasteiger partial charge on any atom is 0.158 e. The standard InChI is InChI=1S/C27H32O4/c1-15-9-8-10-16(17-11-21(28)23(30)13-19(17)26(2,3)4)25(15)18-12-22(29)24(31)14-20(18)27(5,6)7/h8-14,28-31H,1-7H3. The van der Waals surface area contributed by atoms with Gasteiger partial charge in [-0.2, -0.15) is 0 Å². The first-order chi connectivity index (χ1) is 14.2. The summed E-state index contributed by atoms with van der Waals surface area (Å²) in [6.45, 7) is 14.4. The highest BCUT2D eigenvalue weighted by Crippen LogP contribution is 2.47. The molecule has 164 valence electrons. The maximum absolute atomic E-state index is 10.3. The van der Waals surface area contributed by atoms with E-state index in [1.165, 1.54) is 0 Å². The summed E-state index contributed by atoms with van der Waals surface area (Å²) < 4.78 is 0. The molecule has 0 aliphatic heterocycles. The third-order valence-corrected chi connectivity index (χ3v) is 5.68. The molecule has 0 radical (unpaired) electrons. The smallest absolute Gasteiger partial charge is 0.158 e. The number of hydrogen-bond donors (Lipinski definition) is 4. The van der Waals surface area contributed by atoms with Crippen molar-refractivity contribution >= 4 is 0 Å². The van der Waals surface area contributed by atoms with Crippen LogP contribution in [0.5, 0.6) is 23.0 Å². The summed E-state index contributed by atoms with van der Waals surface area (Å²) in [6.07, 6.45) is 0. The van der Waals surface area contributed by atoms with Crippen LogP contribution in [0.15, 0.2) is 42.5 Å². The summed E-state index contributed by atoms with van der Waals surface area (Å²) in [6, 6.07) is 12.4. The first kappa shape index (κ1) is 22.5. The zero-order valence-electron chi connectivity index (χ0n) is 19.3. The van der Waals surface area contributed by atoms with Crippen LogP contribution in [0, 0.1) is 6.92 Å². The SMILES string of the molecule is Cc1cccc(-c2cc(O)c(O)cc2C(C)(C)C)c1-c1cc(O)c(O)cc1C(C)(C)C. The number of aryl methyl sites for hydroxylation is 1. The van der Waals surface area contributed by atoms with Gasteiger partial charge in [-0.25, -0.2) is 0 Å². The Bertz CT molecular complexity index is 1150. The summed E-state index contributed by atoms with van der Waals surface area (Å²) in [5.74, 6) is -0.663. The molecule has 0 unspecified atom stereocenters. The average molecular weight is 421 g/mol. The van der Waals surface area contributed by atoms with Crippen LogP contribution >= 0.6 is 0 Å². The van der Waals surface area contributed by atoms with Crippen molar-refractivity contribution in [3.8, 4) is 45.3 Å². The molecule has 0 spiro atoms. The molecule has 31 heavy (non-hydrogen) atoms. The van der Waals surface area contributed by atoms with Crippen LogP contribution in [0.2, 0.25) is 0 Å².